The average Bonchev–Trinajstić information content (AvgIpc) is 2.42. The molecule has 0 unspecified atom stereocenters. The van der Waals surface area contributed by atoms with Gasteiger partial charge >= 0.3 is 0 Å². The van der Waals surface area contributed by atoms with Gasteiger partial charge in [-0.2, -0.15) is 0 Å². The van der Waals surface area contributed by atoms with E-state index in [2.05, 4.69) is 42.3 Å². The second-order valence-corrected chi connectivity index (χ2v) is 4.89. The van der Waals surface area contributed by atoms with Crippen LogP contribution in [0.4, 0.5) is 5.69 Å². The number of nitrogens with one attached hydrogen (secondary N) is 1. The van der Waals surface area contributed by atoms with Crippen LogP contribution in [0.2, 0.25) is 0 Å². The Labute approximate surface area is 110 Å². The highest BCUT2D eigenvalue weighted by atomic mass is 16.5. The van der Waals surface area contributed by atoms with Gasteiger partial charge in [-0.1, -0.05) is 13.0 Å². The zero-order chi connectivity index (χ0) is 12.8. The van der Waals surface area contributed by atoms with E-state index in [1.54, 1.807) is 0 Å². The van der Waals surface area contributed by atoms with Gasteiger partial charge in [0.15, 0.2) is 0 Å². The second-order valence-electron chi connectivity index (χ2n) is 4.89. The Bertz CT molecular complexity index is 373. The summed E-state index contributed by atoms with van der Waals surface area (Å²) in [5, 5.41) is 3.46. The fourth-order valence-corrected chi connectivity index (χ4v) is 2.30. The molecule has 1 fully saturated rings. The molecule has 1 saturated heterocycles. The highest BCUT2D eigenvalue weighted by Gasteiger charge is 2.11. The Morgan fingerprint density at radius 2 is 2.06 bits per heavy atom. The SMILES string of the molecule is CCCNCc1ccc(N2CCOCC2)cc1C. The van der Waals surface area contributed by atoms with E-state index >= 15 is 0 Å². The normalized spacial score (nSPS) is 16.0. The van der Waals surface area contributed by atoms with Gasteiger partial charge in [0.2, 0.25) is 0 Å². The van der Waals surface area contributed by atoms with Gasteiger partial charge in [-0.3, -0.25) is 0 Å². The molecule has 0 saturated carbocycles. The fraction of sp³-hybridized carbons (Fsp3) is 0.600. The van der Waals surface area contributed by atoms with Crippen molar-refractivity contribution in [2.75, 3.05) is 37.7 Å². The fourth-order valence-electron chi connectivity index (χ4n) is 2.30. The van der Waals surface area contributed by atoms with Gasteiger partial charge in [0.05, 0.1) is 13.2 Å². The number of hydrogen-bond donors (Lipinski definition) is 1. The summed E-state index contributed by atoms with van der Waals surface area (Å²) in [5.41, 5.74) is 4.11. The van der Waals surface area contributed by atoms with Crippen molar-refractivity contribution in [3.63, 3.8) is 0 Å². The minimum absolute atomic E-state index is 0.846. The lowest BCUT2D eigenvalue weighted by Crippen LogP contribution is -2.36. The third-order valence-corrected chi connectivity index (χ3v) is 3.44. The summed E-state index contributed by atoms with van der Waals surface area (Å²) in [7, 11) is 0. The molecule has 1 heterocycles. The number of anilines is 1. The summed E-state index contributed by atoms with van der Waals surface area (Å²) in [6, 6.07) is 6.79. The van der Waals surface area contributed by atoms with Crippen LogP contribution in [0.5, 0.6) is 0 Å². The number of aryl methyl sites for hydroxylation is 1. The molecule has 100 valence electrons. The first kappa shape index (κ1) is 13.4. The van der Waals surface area contributed by atoms with Gasteiger partial charge in [0, 0.05) is 25.3 Å². The van der Waals surface area contributed by atoms with Gasteiger partial charge in [-0.15, -0.1) is 0 Å². The zero-order valence-corrected chi connectivity index (χ0v) is 11.5. The van der Waals surface area contributed by atoms with Crippen LogP contribution in [0.25, 0.3) is 0 Å². The predicted octanol–water partition coefficient (Wildman–Crippen LogP) is 2.33. The van der Waals surface area contributed by atoms with E-state index in [4.69, 9.17) is 4.74 Å². The summed E-state index contributed by atoms with van der Waals surface area (Å²) in [6.45, 7) is 10.2. The van der Waals surface area contributed by atoms with E-state index < -0.39 is 0 Å². The van der Waals surface area contributed by atoms with Crippen LogP contribution in [0.3, 0.4) is 0 Å². The van der Waals surface area contributed by atoms with E-state index in [0.29, 0.717) is 0 Å². The van der Waals surface area contributed by atoms with Gasteiger partial charge < -0.3 is 15.0 Å². The van der Waals surface area contributed by atoms with Crippen LogP contribution in [0.15, 0.2) is 18.2 Å². The molecule has 0 aromatic heterocycles. The highest BCUT2D eigenvalue weighted by molar-refractivity contribution is 5.51. The molecule has 3 nitrogen and oxygen atoms in total. The molecule has 0 aliphatic carbocycles. The minimum atomic E-state index is 0.846. The minimum Gasteiger partial charge on any atom is -0.378 e. The Kier molecular flexibility index (Phi) is 5.02. The van der Waals surface area contributed by atoms with Crippen LogP contribution in [-0.4, -0.2) is 32.8 Å². The molecule has 0 spiro atoms. The average molecular weight is 248 g/mol. The number of nitrogens with zero attached hydrogens (tertiary/aromatic N) is 1. The smallest absolute Gasteiger partial charge is 0.0642 e. The lowest BCUT2D eigenvalue weighted by Gasteiger charge is -2.29. The van der Waals surface area contributed by atoms with Crippen molar-refractivity contribution in [1.82, 2.24) is 5.32 Å². The second kappa shape index (κ2) is 6.76. The molecule has 1 aliphatic rings. The molecule has 0 radical (unpaired) electrons. The van der Waals surface area contributed by atoms with E-state index in [1.165, 1.54) is 23.2 Å². The van der Waals surface area contributed by atoms with Gasteiger partial charge in [0.1, 0.15) is 0 Å². The van der Waals surface area contributed by atoms with Crippen LogP contribution < -0.4 is 10.2 Å². The largest absolute Gasteiger partial charge is 0.378 e. The van der Waals surface area contributed by atoms with E-state index in [-0.39, 0.29) is 0 Å². The molecule has 1 aromatic carbocycles. The molecule has 1 N–H and O–H groups in total. The number of morpholine rings is 1. The number of rotatable bonds is 5. The molecular weight excluding hydrogens is 224 g/mol. The molecular formula is C15H24N2O. The summed E-state index contributed by atoms with van der Waals surface area (Å²) >= 11 is 0. The van der Waals surface area contributed by atoms with Crippen LogP contribution >= 0.6 is 0 Å². The van der Waals surface area contributed by atoms with E-state index in [9.17, 15) is 0 Å². The van der Waals surface area contributed by atoms with Gasteiger partial charge in [0.25, 0.3) is 0 Å². The van der Waals surface area contributed by atoms with Crippen LogP contribution in [0, 0.1) is 6.92 Å². The molecule has 0 atom stereocenters. The standard InChI is InChI=1S/C15H24N2O/c1-3-6-16-12-14-4-5-15(11-13(14)2)17-7-9-18-10-8-17/h4-5,11,16H,3,6-10,12H2,1-2H3. The van der Waals surface area contributed by atoms with E-state index in [1.807, 2.05) is 0 Å². The van der Waals surface area contributed by atoms with Crippen LogP contribution in [0.1, 0.15) is 24.5 Å². The highest BCUT2D eigenvalue weighted by Crippen LogP contribution is 2.20. The first-order chi connectivity index (χ1) is 8.81. The molecule has 3 heteroatoms. The maximum Gasteiger partial charge on any atom is 0.0642 e. The monoisotopic (exact) mass is 248 g/mol. The first-order valence-electron chi connectivity index (χ1n) is 6.94. The number of hydrogen-bond acceptors (Lipinski definition) is 3. The van der Waals surface area contributed by atoms with Gasteiger partial charge in [-0.25, -0.2) is 0 Å². The predicted molar refractivity (Wildman–Crippen MR) is 76.2 cm³/mol. The Balaban J connectivity index is 1.99. The number of benzene rings is 1. The summed E-state index contributed by atoms with van der Waals surface area (Å²) in [6.07, 6.45) is 1.19. The van der Waals surface area contributed by atoms with Crippen molar-refractivity contribution < 1.29 is 4.74 Å². The first-order valence-corrected chi connectivity index (χ1v) is 6.94. The third kappa shape index (κ3) is 3.47. The van der Waals surface area contributed by atoms with Crippen molar-refractivity contribution in [2.45, 2.75) is 26.8 Å². The lowest BCUT2D eigenvalue weighted by molar-refractivity contribution is 0.122. The molecule has 1 aromatic rings. The van der Waals surface area contributed by atoms with Crippen molar-refractivity contribution in [1.29, 1.82) is 0 Å². The third-order valence-electron chi connectivity index (χ3n) is 3.44. The molecule has 1 aliphatic heterocycles. The maximum atomic E-state index is 5.39. The summed E-state index contributed by atoms with van der Waals surface area (Å²) in [5.74, 6) is 0. The Morgan fingerprint density at radius 1 is 1.28 bits per heavy atom. The summed E-state index contributed by atoms with van der Waals surface area (Å²) < 4.78 is 5.39. The quantitative estimate of drug-likeness (QED) is 0.809. The van der Waals surface area contributed by atoms with Gasteiger partial charge in [-0.05, 0) is 43.1 Å². The Hall–Kier alpha value is -1.06. The van der Waals surface area contributed by atoms with Crippen LogP contribution in [-0.2, 0) is 11.3 Å². The molecule has 0 amide bonds. The van der Waals surface area contributed by atoms with Crippen molar-refractivity contribution >= 4 is 5.69 Å². The molecule has 0 bridgehead atoms. The van der Waals surface area contributed by atoms with Crippen molar-refractivity contribution in [3.8, 4) is 0 Å². The lowest BCUT2D eigenvalue weighted by atomic mass is 10.1. The van der Waals surface area contributed by atoms with Crippen molar-refractivity contribution in [2.24, 2.45) is 0 Å². The number of ether oxygens (including phenoxy) is 1. The Morgan fingerprint density at radius 3 is 2.72 bits per heavy atom. The zero-order valence-electron chi connectivity index (χ0n) is 11.5. The molecule has 18 heavy (non-hydrogen) atoms. The molecule has 2 rings (SSSR count). The maximum absolute atomic E-state index is 5.39. The topological polar surface area (TPSA) is 24.5 Å². The van der Waals surface area contributed by atoms with Crippen molar-refractivity contribution in [3.05, 3.63) is 29.3 Å². The summed E-state index contributed by atoms with van der Waals surface area (Å²) in [4.78, 5) is 2.40. The van der Waals surface area contributed by atoms with E-state index in [0.717, 1.165) is 39.4 Å².